The Morgan fingerprint density at radius 3 is 2.40 bits per heavy atom. The third-order valence-electron chi connectivity index (χ3n) is 5.14. The van der Waals surface area contributed by atoms with Gasteiger partial charge >= 0.3 is 6.18 Å². The minimum Gasteiger partial charge on any atom is -0.370 e. The minimum atomic E-state index is -4.49. The van der Waals surface area contributed by atoms with Crippen molar-refractivity contribution in [3.05, 3.63) is 71.5 Å². The van der Waals surface area contributed by atoms with Gasteiger partial charge in [0.25, 0.3) is 5.91 Å². The van der Waals surface area contributed by atoms with Gasteiger partial charge in [0.2, 0.25) is 0 Å². The standard InChI is InChI=1S/C22H21F3N4O/c1-15-13-19(27-29(15)17-7-3-2-4-8-17)21(30)26-18-14-16(22(23,24)25)9-10-20(18)28-11-5-6-12-28/h2-4,7-10,13-14H,5-6,11-12H2,1H3,(H,26,30). The van der Waals surface area contributed by atoms with Crippen molar-refractivity contribution in [1.29, 1.82) is 0 Å². The zero-order valence-corrected chi connectivity index (χ0v) is 16.4. The van der Waals surface area contributed by atoms with Gasteiger partial charge in [-0.3, -0.25) is 4.79 Å². The van der Waals surface area contributed by atoms with E-state index in [-0.39, 0.29) is 11.4 Å². The first-order chi connectivity index (χ1) is 14.3. The van der Waals surface area contributed by atoms with E-state index in [9.17, 15) is 18.0 Å². The molecule has 1 aliphatic heterocycles. The van der Waals surface area contributed by atoms with Crippen LogP contribution >= 0.6 is 0 Å². The molecule has 0 radical (unpaired) electrons. The summed E-state index contributed by atoms with van der Waals surface area (Å²) in [5.74, 6) is -0.549. The van der Waals surface area contributed by atoms with E-state index in [0.717, 1.165) is 49.4 Å². The SMILES string of the molecule is Cc1cc(C(=O)Nc2cc(C(F)(F)F)ccc2N2CCCC2)nn1-c1ccccc1. The van der Waals surface area contributed by atoms with Crippen molar-refractivity contribution in [3.63, 3.8) is 0 Å². The summed E-state index contributed by atoms with van der Waals surface area (Å²) >= 11 is 0. The summed E-state index contributed by atoms with van der Waals surface area (Å²) in [5.41, 5.74) is 1.62. The van der Waals surface area contributed by atoms with E-state index >= 15 is 0 Å². The van der Waals surface area contributed by atoms with Crippen LogP contribution in [0.1, 0.15) is 34.6 Å². The number of nitrogens with one attached hydrogen (secondary N) is 1. The number of aromatic nitrogens is 2. The summed E-state index contributed by atoms with van der Waals surface area (Å²) in [5, 5.41) is 7.00. The normalized spacial score (nSPS) is 14.2. The molecule has 2 heterocycles. The van der Waals surface area contributed by atoms with Gasteiger partial charge in [0, 0.05) is 18.8 Å². The molecule has 5 nitrogen and oxygen atoms in total. The lowest BCUT2D eigenvalue weighted by Gasteiger charge is -2.22. The predicted molar refractivity (Wildman–Crippen MR) is 109 cm³/mol. The number of amides is 1. The Morgan fingerprint density at radius 1 is 1.03 bits per heavy atom. The number of nitrogens with zero attached hydrogens (tertiary/aromatic N) is 3. The molecule has 1 amide bonds. The number of para-hydroxylation sites is 1. The highest BCUT2D eigenvalue weighted by Crippen LogP contribution is 2.36. The Kier molecular flexibility index (Phi) is 5.24. The van der Waals surface area contributed by atoms with Crippen LogP contribution in [0.3, 0.4) is 0 Å². The molecule has 0 bridgehead atoms. The van der Waals surface area contributed by atoms with Gasteiger partial charge in [-0.2, -0.15) is 18.3 Å². The first kappa shape index (κ1) is 20.0. The quantitative estimate of drug-likeness (QED) is 0.650. The molecule has 0 saturated carbocycles. The van der Waals surface area contributed by atoms with E-state index in [1.54, 1.807) is 10.7 Å². The highest BCUT2D eigenvalue weighted by molar-refractivity contribution is 6.05. The molecule has 1 fully saturated rings. The first-order valence-corrected chi connectivity index (χ1v) is 9.72. The highest BCUT2D eigenvalue weighted by atomic mass is 19.4. The van der Waals surface area contributed by atoms with Crippen LogP contribution in [-0.2, 0) is 6.18 Å². The average molecular weight is 414 g/mol. The minimum absolute atomic E-state index is 0.140. The van der Waals surface area contributed by atoms with Crippen molar-refractivity contribution in [3.8, 4) is 5.69 Å². The Bertz CT molecular complexity index is 1050. The monoisotopic (exact) mass is 414 g/mol. The van der Waals surface area contributed by atoms with Gasteiger partial charge in [0.1, 0.15) is 0 Å². The number of rotatable bonds is 4. The lowest BCUT2D eigenvalue weighted by atomic mass is 10.1. The van der Waals surface area contributed by atoms with E-state index in [4.69, 9.17) is 0 Å². The van der Waals surface area contributed by atoms with Crippen molar-refractivity contribution in [2.45, 2.75) is 25.9 Å². The van der Waals surface area contributed by atoms with Crippen molar-refractivity contribution in [2.75, 3.05) is 23.3 Å². The molecule has 0 spiro atoms. The molecule has 0 unspecified atom stereocenters. The van der Waals surface area contributed by atoms with Gasteiger partial charge in [0.05, 0.1) is 22.6 Å². The molecule has 1 saturated heterocycles. The second-order valence-corrected chi connectivity index (χ2v) is 7.30. The average Bonchev–Trinajstić information content (AvgIpc) is 3.38. The third-order valence-corrected chi connectivity index (χ3v) is 5.14. The van der Waals surface area contributed by atoms with Gasteiger partial charge < -0.3 is 10.2 Å². The van der Waals surface area contributed by atoms with Gasteiger partial charge in [-0.1, -0.05) is 18.2 Å². The van der Waals surface area contributed by atoms with Crippen LogP contribution in [0.25, 0.3) is 5.69 Å². The summed E-state index contributed by atoms with van der Waals surface area (Å²) in [6.07, 6.45) is -2.56. The third kappa shape index (κ3) is 4.03. The molecular formula is C22H21F3N4O. The fourth-order valence-electron chi connectivity index (χ4n) is 3.65. The Hall–Kier alpha value is -3.29. The van der Waals surface area contributed by atoms with Crippen LogP contribution in [0.15, 0.2) is 54.6 Å². The number of alkyl halides is 3. The van der Waals surface area contributed by atoms with E-state index in [1.807, 2.05) is 42.2 Å². The van der Waals surface area contributed by atoms with Crippen LogP contribution in [0, 0.1) is 6.92 Å². The molecule has 3 aromatic rings. The lowest BCUT2D eigenvalue weighted by Crippen LogP contribution is -2.22. The van der Waals surface area contributed by atoms with E-state index < -0.39 is 17.6 Å². The summed E-state index contributed by atoms with van der Waals surface area (Å²) < 4.78 is 41.3. The Labute approximate surface area is 172 Å². The molecule has 30 heavy (non-hydrogen) atoms. The van der Waals surface area contributed by atoms with Crippen LogP contribution < -0.4 is 10.2 Å². The number of anilines is 2. The topological polar surface area (TPSA) is 50.2 Å². The number of carbonyl (C=O) groups excluding carboxylic acids is 1. The second kappa shape index (κ2) is 7.85. The molecule has 2 aromatic carbocycles. The zero-order chi connectivity index (χ0) is 21.3. The fraction of sp³-hybridized carbons (Fsp3) is 0.273. The summed E-state index contributed by atoms with van der Waals surface area (Å²) in [7, 11) is 0. The summed E-state index contributed by atoms with van der Waals surface area (Å²) in [6.45, 7) is 3.31. The fourth-order valence-corrected chi connectivity index (χ4v) is 3.65. The molecule has 0 atom stereocenters. The number of aryl methyl sites for hydroxylation is 1. The first-order valence-electron chi connectivity index (χ1n) is 9.72. The van der Waals surface area contributed by atoms with Crippen molar-refractivity contribution < 1.29 is 18.0 Å². The second-order valence-electron chi connectivity index (χ2n) is 7.30. The lowest BCUT2D eigenvalue weighted by molar-refractivity contribution is -0.137. The van der Waals surface area contributed by atoms with Gasteiger partial charge in [-0.15, -0.1) is 0 Å². The molecule has 0 aliphatic carbocycles. The van der Waals surface area contributed by atoms with Crippen molar-refractivity contribution in [2.24, 2.45) is 0 Å². The number of carbonyl (C=O) groups is 1. The van der Waals surface area contributed by atoms with Gasteiger partial charge in [0.15, 0.2) is 5.69 Å². The van der Waals surface area contributed by atoms with E-state index in [0.29, 0.717) is 5.69 Å². The smallest absolute Gasteiger partial charge is 0.370 e. The van der Waals surface area contributed by atoms with Gasteiger partial charge in [-0.25, -0.2) is 4.68 Å². The predicted octanol–water partition coefficient (Wildman–Crippen LogP) is 5.05. The van der Waals surface area contributed by atoms with Crippen LogP contribution in [0.4, 0.5) is 24.5 Å². The number of hydrogen-bond donors (Lipinski definition) is 1. The number of halogens is 3. The number of hydrogen-bond acceptors (Lipinski definition) is 3. The number of benzene rings is 2. The van der Waals surface area contributed by atoms with E-state index in [1.165, 1.54) is 6.07 Å². The van der Waals surface area contributed by atoms with Gasteiger partial charge in [-0.05, 0) is 56.2 Å². The van der Waals surface area contributed by atoms with E-state index in [2.05, 4.69) is 10.4 Å². The maximum absolute atomic E-state index is 13.2. The zero-order valence-electron chi connectivity index (χ0n) is 16.4. The summed E-state index contributed by atoms with van der Waals surface area (Å²) in [4.78, 5) is 14.8. The summed E-state index contributed by atoms with van der Waals surface area (Å²) in [6, 6.07) is 14.4. The Morgan fingerprint density at radius 2 is 1.73 bits per heavy atom. The molecule has 156 valence electrons. The molecule has 1 aromatic heterocycles. The Balaban J connectivity index is 1.65. The maximum atomic E-state index is 13.2. The molecular weight excluding hydrogens is 393 g/mol. The van der Waals surface area contributed by atoms with Crippen molar-refractivity contribution in [1.82, 2.24) is 9.78 Å². The molecule has 8 heteroatoms. The highest BCUT2D eigenvalue weighted by Gasteiger charge is 2.32. The molecule has 1 aliphatic rings. The molecule has 4 rings (SSSR count). The van der Waals surface area contributed by atoms with Crippen LogP contribution in [0.2, 0.25) is 0 Å². The maximum Gasteiger partial charge on any atom is 0.416 e. The largest absolute Gasteiger partial charge is 0.416 e. The van der Waals surface area contributed by atoms with Crippen LogP contribution in [-0.4, -0.2) is 28.8 Å². The van der Waals surface area contributed by atoms with Crippen LogP contribution in [0.5, 0.6) is 0 Å². The molecule has 1 N–H and O–H groups in total. The van der Waals surface area contributed by atoms with Crippen molar-refractivity contribution >= 4 is 17.3 Å².